The molecule has 0 saturated heterocycles. The van der Waals surface area contributed by atoms with Gasteiger partial charge in [0, 0.05) is 53.4 Å². The van der Waals surface area contributed by atoms with E-state index in [-0.39, 0.29) is 0 Å². The summed E-state index contributed by atoms with van der Waals surface area (Å²) in [5.74, 6) is 0. The van der Waals surface area contributed by atoms with Gasteiger partial charge in [-0.3, -0.25) is 0 Å². The Bertz CT molecular complexity index is 4060. The third-order valence-corrected chi connectivity index (χ3v) is 15.3. The van der Waals surface area contributed by atoms with Crippen LogP contribution in [0.3, 0.4) is 0 Å². The first-order valence-corrected chi connectivity index (χ1v) is 25.2. The fraction of sp³-hybridized carbons (Fsp3) is 0.0448. The molecule has 3 heteroatoms. The van der Waals surface area contributed by atoms with Crippen molar-refractivity contribution in [1.29, 1.82) is 0 Å². The maximum atomic E-state index is 2.49. The average Bonchev–Trinajstić information content (AvgIpc) is 4.08. The molecule has 332 valence electrons. The predicted octanol–water partition coefficient (Wildman–Crippen LogP) is 18.6. The minimum absolute atomic E-state index is 0.858. The smallest absolute Gasteiger partial charge is 0.0541 e. The molecule has 13 rings (SSSR count). The minimum Gasteiger partial charge on any atom is -0.310 e. The van der Waals surface area contributed by atoms with Crippen molar-refractivity contribution in [3.8, 4) is 55.9 Å². The summed E-state index contributed by atoms with van der Waals surface area (Å²) in [6.07, 6.45) is 6.45. The lowest BCUT2D eigenvalue weighted by atomic mass is 9.93. The van der Waals surface area contributed by atoms with Crippen molar-refractivity contribution in [3.05, 3.63) is 259 Å². The normalized spacial score (nSPS) is 11.8. The molecule has 13 aromatic rings. The van der Waals surface area contributed by atoms with Gasteiger partial charge >= 0.3 is 0 Å². The number of fused-ring (bicyclic) bond motifs is 7. The lowest BCUT2D eigenvalue weighted by molar-refractivity contribution is 1.06. The van der Waals surface area contributed by atoms with Gasteiger partial charge in [-0.15, -0.1) is 11.3 Å². The van der Waals surface area contributed by atoms with E-state index in [0.29, 0.717) is 0 Å². The molecule has 10 aromatic carbocycles. The molecular weight excluding hydrogens is 865 g/mol. The lowest BCUT2D eigenvalue weighted by Crippen LogP contribution is -1.98. The number of aryl methyl sites for hydroxylation is 1. The Kier molecular flexibility index (Phi) is 10.4. The van der Waals surface area contributed by atoms with Gasteiger partial charge in [-0.25, -0.2) is 0 Å². The zero-order chi connectivity index (χ0) is 46.5. The van der Waals surface area contributed by atoms with Gasteiger partial charge in [0.25, 0.3) is 0 Å². The third-order valence-electron chi connectivity index (χ3n) is 14.1. The summed E-state index contributed by atoms with van der Waals surface area (Å²) in [5.41, 5.74) is 19.4. The molecule has 0 spiro atoms. The highest BCUT2D eigenvalue weighted by Gasteiger charge is 2.20. The van der Waals surface area contributed by atoms with Crippen LogP contribution in [0.15, 0.2) is 243 Å². The van der Waals surface area contributed by atoms with Crippen molar-refractivity contribution in [1.82, 2.24) is 9.13 Å². The van der Waals surface area contributed by atoms with Crippen molar-refractivity contribution in [2.24, 2.45) is 0 Å². The highest BCUT2D eigenvalue weighted by Crippen LogP contribution is 2.41. The van der Waals surface area contributed by atoms with Crippen LogP contribution < -0.4 is 0 Å². The standard InChI is InChI=1S/C67H48N2S/c1-2-56-59-42-49(50-33-36-65-60(43-50)57-27-12-14-29-63(57)69(65)55-34-37-67-61(44-55)58-28-13-15-31-66(58)70-67)32-35-64(59)68(62(56)30-16-20-45-18-6-3-7-19-45)54-26-17-25-48(41-54)53-39-51(46-21-8-4-9-22-46)38-52(40-53)47-23-10-5-11-24-47/h3-19,21-44H,2,20H2,1H3/b30-16-. The molecule has 0 radical (unpaired) electrons. The van der Waals surface area contributed by atoms with E-state index in [2.05, 4.69) is 265 Å². The lowest BCUT2D eigenvalue weighted by Gasteiger charge is -2.14. The molecule has 70 heavy (non-hydrogen) atoms. The van der Waals surface area contributed by atoms with Crippen molar-refractivity contribution in [3.63, 3.8) is 0 Å². The monoisotopic (exact) mass is 912 g/mol. The Morgan fingerprint density at radius 1 is 0.357 bits per heavy atom. The number of hydrogen-bond acceptors (Lipinski definition) is 1. The van der Waals surface area contributed by atoms with E-state index in [4.69, 9.17) is 0 Å². The van der Waals surface area contributed by atoms with E-state index >= 15 is 0 Å². The molecule has 0 N–H and O–H groups in total. The van der Waals surface area contributed by atoms with Crippen LogP contribution in [0.1, 0.15) is 23.7 Å². The summed E-state index contributed by atoms with van der Waals surface area (Å²) >= 11 is 1.87. The third kappa shape index (κ3) is 7.35. The second-order valence-corrected chi connectivity index (χ2v) is 19.4. The second kappa shape index (κ2) is 17.5. The highest BCUT2D eigenvalue weighted by atomic mass is 32.1. The van der Waals surface area contributed by atoms with E-state index in [9.17, 15) is 0 Å². The van der Waals surface area contributed by atoms with E-state index in [1.54, 1.807) is 0 Å². The Labute approximate surface area is 412 Å². The van der Waals surface area contributed by atoms with Crippen molar-refractivity contribution >= 4 is 70.3 Å². The quantitative estimate of drug-likeness (QED) is 0.129. The van der Waals surface area contributed by atoms with Gasteiger partial charge < -0.3 is 9.13 Å². The number of para-hydroxylation sites is 1. The van der Waals surface area contributed by atoms with Crippen molar-refractivity contribution < 1.29 is 0 Å². The van der Waals surface area contributed by atoms with E-state index in [1.807, 2.05) is 11.3 Å². The molecule has 3 heterocycles. The van der Waals surface area contributed by atoms with Crippen LogP contribution in [0, 0.1) is 0 Å². The number of aromatic nitrogens is 2. The molecule has 0 amide bonds. The number of rotatable bonds is 10. The predicted molar refractivity (Wildman–Crippen MR) is 301 cm³/mol. The summed E-state index contributed by atoms with van der Waals surface area (Å²) in [4.78, 5) is 0. The van der Waals surface area contributed by atoms with Gasteiger partial charge in [-0.1, -0.05) is 165 Å². The van der Waals surface area contributed by atoms with Crippen LogP contribution in [0.5, 0.6) is 0 Å². The second-order valence-electron chi connectivity index (χ2n) is 18.3. The van der Waals surface area contributed by atoms with E-state index in [0.717, 1.165) is 18.5 Å². The number of benzene rings is 10. The van der Waals surface area contributed by atoms with E-state index < -0.39 is 0 Å². The fourth-order valence-electron chi connectivity index (χ4n) is 10.8. The molecule has 2 nitrogen and oxygen atoms in total. The highest BCUT2D eigenvalue weighted by molar-refractivity contribution is 7.25. The Hall–Kier alpha value is -8.50. The number of thiophene rings is 1. The molecule has 0 aliphatic carbocycles. The maximum Gasteiger partial charge on any atom is 0.0541 e. The SMILES string of the molecule is CCc1c(/C=C\Cc2ccccc2)n(-c2cccc(-c3cc(-c4ccccc4)cc(-c4ccccc4)c3)c2)c2ccc(-c3ccc4c(c3)c3ccccc3n4-c3ccc4sc5ccccc5c4c3)cc12. The average molecular weight is 913 g/mol. The Morgan fingerprint density at radius 2 is 0.900 bits per heavy atom. The van der Waals surface area contributed by atoms with Gasteiger partial charge in [0.2, 0.25) is 0 Å². The van der Waals surface area contributed by atoms with Crippen LogP contribution in [0.2, 0.25) is 0 Å². The van der Waals surface area contributed by atoms with Gasteiger partial charge in [-0.2, -0.15) is 0 Å². The van der Waals surface area contributed by atoms with Crippen LogP contribution in [0.4, 0.5) is 0 Å². The van der Waals surface area contributed by atoms with Crippen LogP contribution in [-0.2, 0) is 12.8 Å². The first-order valence-electron chi connectivity index (χ1n) is 24.3. The fourth-order valence-corrected chi connectivity index (χ4v) is 11.9. The van der Waals surface area contributed by atoms with Gasteiger partial charge in [-0.05, 0) is 159 Å². The molecule has 0 bridgehead atoms. The first-order chi connectivity index (χ1) is 34.6. The van der Waals surface area contributed by atoms with Crippen LogP contribution in [0.25, 0.3) is 115 Å². The first kappa shape index (κ1) is 41.7. The number of allylic oxidation sites excluding steroid dienone is 1. The summed E-state index contributed by atoms with van der Waals surface area (Å²) in [6.45, 7) is 2.30. The summed E-state index contributed by atoms with van der Waals surface area (Å²) in [7, 11) is 0. The van der Waals surface area contributed by atoms with Crippen LogP contribution in [-0.4, -0.2) is 9.13 Å². The molecule has 3 aromatic heterocycles. The molecule has 0 atom stereocenters. The van der Waals surface area contributed by atoms with Gasteiger partial charge in [0.1, 0.15) is 0 Å². The van der Waals surface area contributed by atoms with Crippen molar-refractivity contribution in [2.45, 2.75) is 19.8 Å². The molecular formula is C67H48N2S. The topological polar surface area (TPSA) is 9.86 Å². The molecule has 0 unspecified atom stereocenters. The number of hydrogen-bond donors (Lipinski definition) is 0. The molecule has 0 aliphatic rings. The number of nitrogens with zero attached hydrogens (tertiary/aromatic N) is 2. The van der Waals surface area contributed by atoms with E-state index in [1.165, 1.54) is 120 Å². The summed E-state index contributed by atoms with van der Waals surface area (Å²) in [6, 6.07) is 87.1. The Balaban J connectivity index is 0.950. The van der Waals surface area contributed by atoms with Crippen LogP contribution >= 0.6 is 11.3 Å². The largest absolute Gasteiger partial charge is 0.310 e. The zero-order valence-electron chi connectivity index (χ0n) is 38.9. The Morgan fingerprint density at radius 3 is 1.61 bits per heavy atom. The summed E-state index contributed by atoms with van der Waals surface area (Å²) < 4.78 is 7.58. The van der Waals surface area contributed by atoms with Gasteiger partial charge in [0.05, 0.1) is 16.6 Å². The summed E-state index contributed by atoms with van der Waals surface area (Å²) in [5, 5.41) is 6.41. The van der Waals surface area contributed by atoms with Crippen molar-refractivity contribution in [2.75, 3.05) is 0 Å². The zero-order valence-corrected chi connectivity index (χ0v) is 39.7. The minimum atomic E-state index is 0.858. The van der Waals surface area contributed by atoms with Gasteiger partial charge in [0.15, 0.2) is 0 Å². The molecule has 0 fully saturated rings. The molecule has 0 aliphatic heterocycles. The maximum absolute atomic E-state index is 2.49. The molecule has 0 saturated carbocycles.